The number of nitrogens with one attached hydrogen (secondary N) is 2. The van der Waals surface area contributed by atoms with Gasteiger partial charge in [0.2, 0.25) is 5.91 Å². The number of carbonyl (C=O) groups is 1. The summed E-state index contributed by atoms with van der Waals surface area (Å²) in [5, 5.41) is 5.99. The molecule has 0 fully saturated rings. The molecular formula is C16H17BrN2O. The number of carbonyl (C=O) groups excluding carboxylic acids is 1. The van der Waals surface area contributed by atoms with E-state index >= 15 is 0 Å². The third-order valence-electron chi connectivity index (χ3n) is 2.78. The van der Waals surface area contributed by atoms with Gasteiger partial charge in [0.15, 0.2) is 0 Å². The second-order valence-electron chi connectivity index (χ2n) is 4.79. The zero-order chi connectivity index (χ0) is 14.5. The lowest BCUT2D eigenvalue weighted by Gasteiger charge is -2.09. The molecular weight excluding hydrogens is 316 g/mol. The van der Waals surface area contributed by atoms with Crippen molar-refractivity contribution < 1.29 is 4.79 Å². The van der Waals surface area contributed by atoms with Crippen LogP contribution in [-0.4, -0.2) is 12.5 Å². The molecule has 0 aliphatic heterocycles. The quantitative estimate of drug-likeness (QED) is 0.884. The first kappa shape index (κ1) is 14.6. The van der Waals surface area contributed by atoms with Crippen LogP contribution in [0.4, 0.5) is 11.4 Å². The fourth-order valence-corrected chi connectivity index (χ4v) is 2.43. The molecule has 2 N–H and O–H groups in total. The molecule has 0 saturated heterocycles. The maximum absolute atomic E-state index is 11.9. The first-order valence-electron chi connectivity index (χ1n) is 6.40. The highest BCUT2D eigenvalue weighted by atomic mass is 79.9. The highest BCUT2D eigenvalue weighted by Gasteiger charge is 2.03. The Hall–Kier alpha value is -1.81. The zero-order valence-electron chi connectivity index (χ0n) is 11.5. The molecule has 20 heavy (non-hydrogen) atoms. The molecule has 2 rings (SSSR count). The van der Waals surface area contributed by atoms with Crippen molar-refractivity contribution in [3.8, 4) is 0 Å². The van der Waals surface area contributed by atoms with Crippen molar-refractivity contribution in [1.82, 2.24) is 0 Å². The molecule has 3 nitrogen and oxygen atoms in total. The van der Waals surface area contributed by atoms with Gasteiger partial charge in [-0.2, -0.15) is 0 Å². The number of amides is 1. The van der Waals surface area contributed by atoms with Gasteiger partial charge in [-0.05, 0) is 55.3 Å². The topological polar surface area (TPSA) is 41.1 Å². The van der Waals surface area contributed by atoms with Crippen molar-refractivity contribution >= 4 is 33.2 Å². The number of hydrogen-bond acceptors (Lipinski definition) is 2. The second kappa shape index (κ2) is 6.57. The van der Waals surface area contributed by atoms with Gasteiger partial charge >= 0.3 is 0 Å². The van der Waals surface area contributed by atoms with E-state index in [0.29, 0.717) is 0 Å². The summed E-state index contributed by atoms with van der Waals surface area (Å²) in [6, 6.07) is 13.7. The minimum Gasteiger partial charge on any atom is -0.376 e. The fraction of sp³-hybridized carbons (Fsp3) is 0.188. The first-order valence-corrected chi connectivity index (χ1v) is 7.20. The van der Waals surface area contributed by atoms with Crippen LogP contribution in [0, 0.1) is 13.8 Å². The Morgan fingerprint density at radius 3 is 2.40 bits per heavy atom. The third-order valence-corrected chi connectivity index (χ3v) is 3.28. The van der Waals surface area contributed by atoms with Crippen molar-refractivity contribution in [1.29, 1.82) is 0 Å². The molecule has 0 aromatic heterocycles. The van der Waals surface area contributed by atoms with Crippen LogP contribution in [0.2, 0.25) is 0 Å². The third kappa shape index (κ3) is 4.38. The molecule has 0 bridgehead atoms. The molecule has 2 aromatic rings. The summed E-state index contributed by atoms with van der Waals surface area (Å²) in [7, 11) is 0. The summed E-state index contributed by atoms with van der Waals surface area (Å²) in [6.07, 6.45) is 0. The van der Waals surface area contributed by atoms with Gasteiger partial charge in [0, 0.05) is 15.8 Å². The Balaban J connectivity index is 1.92. The second-order valence-corrected chi connectivity index (χ2v) is 5.70. The Labute approximate surface area is 127 Å². The Kier molecular flexibility index (Phi) is 4.79. The Bertz CT molecular complexity index is 605. The van der Waals surface area contributed by atoms with Crippen LogP contribution in [0.15, 0.2) is 46.9 Å². The van der Waals surface area contributed by atoms with E-state index in [1.54, 1.807) is 0 Å². The predicted molar refractivity (Wildman–Crippen MR) is 87.2 cm³/mol. The molecule has 0 radical (unpaired) electrons. The van der Waals surface area contributed by atoms with Crippen LogP contribution in [-0.2, 0) is 4.79 Å². The van der Waals surface area contributed by atoms with E-state index in [1.165, 1.54) is 11.1 Å². The minimum atomic E-state index is -0.0674. The SMILES string of the molecule is Cc1cc(C)cc(NCC(=O)Nc2cccc(Br)c2)c1. The van der Waals surface area contributed by atoms with Crippen molar-refractivity contribution in [3.05, 3.63) is 58.1 Å². The van der Waals surface area contributed by atoms with Crippen LogP contribution >= 0.6 is 15.9 Å². The molecule has 0 aliphatic rings. The Morgan fingerprint density at radius 2 is 1.75 bits per heavy atom. The van der Waals surface area contributed by atoms with E-state index < -0.39 is 0 Å². The summed E-state index contributed by atoms with van der Waals surface area (Å²) in [4.78, 5) is 11.9. The molecule has 4 heteroatoms. The molecule has 0 heterocycles. The van der Waals surface area contributed by atoms with Gasteiger partial charge in [-0.1, -0.05) is 28.1 Å². The zero-order valence-corrected chi connectivity index (χ0v) is 13.1. The van der Waals surface area contributed by atoms with Crippen LogP contribution < -0.4 is 10.6 Å². The highest BCUT2D eigenvalue weighted by Crippen LogP contribution is 2.16. The summed E-state index contributed by atoms with van der Waals surface area (Å²) in [5.41, 5.74) is 4.11. The molecule has 2 aromatic carbocycles. The summed E-state index contributed by atoms with van der Waals surface area (Å²) >= 11 is 3.38. The first-order chi connectivity index (χ1) is 9.52. The number of aryl methyl sites for hydroxylation is 2. The minimum absolute atomic E-state index is 0.0674. The van der Waals surface area contributed by atoms with Gasteiger partial charge in [0.1, 0.15) is 0 Å². The van der Waals surface area contributed by atoms with Crippen molar-refractivity contribution in [2.45, 2.75) is 13.8 Å². The van der Waals surface area contributed by atoms with Crippen LogP contribution in [0.5, 0.6) is 0 Å². The standard InChI is InChI=1S/C16H17BrN2O/c1-11-6-12(2)8-15(7-11)18-10-16(20)19-14-5-3-4-13(17)9-14/h3-9,18H,10H2,1-2H3,(H,19,20). The lowest BCUT2D eigenvalue weighted by Crippen LogP contribution is -2.21. The maximum atomic E-state index is 11.9. The van der Waals surface area contributed by atoms with Gasteiger partial charge in [-0.15, -0.1) is 0 Å². The van der Waals surface area contributed by atoms with E-state index in [1.807, 2.05) is 50.2 Å². The van der Waals surface area contributed by atoms with E-state index in [2.05, 4.69) is 32.6 Å². The lowest BCUT2D eigenvalue weighted by atomic mass is 10.1. The number of rotatable bonds is 4. The normalized spacial score (nSPS) is 10.2. The molecule has 0 saturated carbocycles. The largest absolute Gasteiger partial charge is 0.376 e. The van der Waals surface area contributed by atoms with Gasteiger partial charge in [-0.25, -0.2) is 0 Å². The monoisotopic (exact) mass is 332 g/mol. The van der Waals surface area contributed by atoms with E-state index in [9.17, 15) is 4.79 Å². The molecule has 0 spiro atoms. The maximum Gasteiger partial charge on any atom is 0.243 e. The molecule has 0 atom stereocenters. The molecule has 1 amide bonds. The number of benzene rings is 2. The van der Waals surface area contributed by atoms with Crippen molar-refractivity contribution in [2.75, 3.05) is 17.2 Å². The summed E-state index contributed by atoms with van der Waals surface area (Å²) in [5.74, 6) is -0.0674. The molecule has 104 valence electrons. The number of hydrogen-bond donors (Lipinski definition) is 2. The van der Waals surface area contributed by atoms with Crippen LogP contribution in [0.25, 0.3) is 0 Å². The summed E-state index contributed by atoms with van der Waals surface area (Å²) < 4.78 is 0.942. The highest BCUT2D eigenvalue weighted by molar-refractivity contribution is 9.10. The van der Waals surface area contributed by atoms with E-state index in [0.717, 1.165) is 15.8 Å². The fourth-order valence-electron chi connectivity index (χ4n) is 2.03. The van der Waals surface area contributed by atoms with E-state index in [-0.39, 0.29) is 12.5 Å². The smallest absolute Gasteiger partial charge is 0.243 e. The lowest BCUT2D eigenvalue weighted by molar-refractivity contribution is -0.114. The number of halogens is 1. The average Bonchev–Trinajstić information content (AvgIpc) is 2.35. The van der Waals surface area contributed by atoms with Gasteiger partial charge in [-0.3, -0.25) is 4.79 Å². The van der Waals surface area contributed by atoms with Gasteiger partial charge in [0.25, 0.3) is 0 Å². The van der Waals surface area contributed by atoms with Crippen molar-refractivity contribution in [2.24, 2.45) is 0 Å². The van der Waals surface area contributed by atoms with Crippen LogP contribution in [0.3, 0.4) is 0 Å². The summed E-state index contributed by atoms with van der Waals surface area (Å²) in [6.45, 7) is 4.33. The Morgan fingerprint density at radius 1 is 1.05 bits per heavy atom. The molecule has 0 unspecified atom stereocenters. The molecule has 0 aliphatic carbocycles. The van der Waals surface area contributed by atoms with Gasteiger partial charge in [0.05, 0.1) is 6.54 Å². The van der Waals surface area contributed by atoms with Gasteiger partial charge < -0.3 is 10.6 Å². The predicted octanol–water partition coefficient (Wildman–Crippen LogP) is 4.12. The van der Waals surface area contributed by atoms with Crippen LogP contribution in [0.1, 0.15) is 11.1 Å². The number of anilines is 2. The van der Waals surface area contributed by atoms with E-state index in [4.69, 9.17) is 0 Å². The average molecular weight is 333 g/mol. The van der Waals surface area contributed by atoms with Crippen molar-refractivity contribution in [3.63, 3.8) is 0 Å².